The van der Waals surface area contributed by atoms with Crippen molar-refractivity contribution in [3.8, 4) is 5.75 Å². The summed E-state index contributed by atoms with van der Waals surface area (Å²) in [4.78, 5) is 17.6. The second-order valence-electron chi connectivity index (χ2n) is 8.10. The first kappa shape index (κ1) is 23.0. The normalized spacial score (nSPS) is 15.8. The summed E-state index contributed by atoms with van der Waals surface area (Å²) < 4.78 is 5.88. The van der Waals surface area contributed by atoms with Crippen molar-refractivity contribution >= 4 is 17.5 Å². The van der Waals surface area contributed by atoms with Crippen LogP contribution < -0.4 is 15.1 Å². The zero-order valence-electron chi connectivity index (χ0n) is 19.7. The van der Waals surface area contributed by atoms with Crippen LogP contribution in [-0.4, -0.2) is 47.7 Å². The van der Waals surface area contributed by atoms with Crippen molar-refractivity contribution in [3.05, 3.63) is 71.9 Å². The standard InChI is InChI=1S/C26H33N5O2/c1-4-30(5-2)16-18-32-23-13-11-22(12-14-23)28-26-27-19-20(3)25(29-26)31-24(15-17-33-31)21-9-7-6-8-10-21/h6-14,19,24H,4-5,15-18H2,1-3H3,(H,27,28,29). The van der Waals surface area contributed by atoms with Gasteiger partial charge in [0, 0.05) is 30.4 Å². The van der Waals surface area contributed by atoms with Crippen molar-refractivity contribution in [2.24, 2.45) is 0 Å². The van der Waals surface area contributed by atoms with Crippen LogP contribution in [0.15, 0.2) is 60.8 Å². The molecule has 1 N–H and O–H groups in total. The summed E-state index contributed by atoms with van der Waals surface area (Å²) in [5.74, 6) is 2.18. The van der Waals surface area contributed by atoms with E-state index in [1.165, 1.54) is 5.56 Å². The lowest BCUT2D eigenvalue weighted by Crippen LogP contribution is -2.27. The van der Waals surface area contributed by atoms with Gasteiger partial charge in [-0.25, -0.2) is 10.0 Å². The number of nitrogens with zero attached hydrogens (tertiary/aromatic N) is 4. The van der Waals surface area contributed by atoms with Crippen molar-refractivity contribution in [3.63, 3.8) is 0 Å². The van der Waals surface area contributed by atoms with Gasteiger partial charge in [0.1, 0.15) is 12.4 Å². The van der Waals surface area contributed by atoms with Gasteiger partial charge in [-0.1, -0.05) is 44.2 Å². The Morgan fingerprint density at radius 2 is 1.85 bits per heavy atom. The quantitative estimate of drug-likeness (QED) is 0.462. The average Bonchev–Trinajstić information content (AvgIpc) is 3.34. The second kappa shape index (κ2) is 11.1. The van der Waals surface area contributed by atoms with E-state index < -0.39 is 0 Å². The van der Waals surface area contributed by atoms with E-state index in [1.807, 2.05) is 48.5 Å². The number of benzene rings is 2. The number of rotatable bonds is 10. The van der Waals surface area contributed by atoms with E-state index >= 15 is 0 Å². The molecule has 1 aromatic heterocycles. The Kier molecular flexibility index (Phi) is 7.75. The summed E-state index contributed by atoms with van der Waals surface area (Å²) >= 11 is 0. The third kappa shape index (κ3) is 5.80. The Labute approximate surface area is 196 Å². The van der Waals surface area contributed by atoms with Crippen molar-refractivity contribution in [1.29, 1.82) is 0 Å². The van der Waals surface area contributed by atoms with Crippen LogP contribution in [0.2, 0.25) is 0 Å². The lowest BCUT2D eigenvalue weighted by molar-refractivity contribution is 0.156. The van der Waals surface area contributed by atoms with Crippen LogP contribution in [0.25, 0.3) is 0 Å². The van der Waals surface area contributed by atoms with E-state index in [-0.39, 0.29) is 6.04 Å². The molecule has 7 heteroatoms. The summed E-state index contributed by atoms with van der Waals surface area (Å²) in [6, 6.07) is 18.4. The van der Waals surface area contributed by atoms with Gasteiger partial charge >= 0.3 is 0 Å². The molecule has 0 spiro atoms. The Bertz CT molecular complexity index is 1010. The van der Waals surface area contributed by atoms with E-state index in [9.17, 15) is 0 Å². The molecule has 1 atom stereocenters. The Hall–Kier alpha value is -3.16. The number of anilines is 3. The Balaban J connectivity index is 1.42. The zero-order chi connectivity index (χ0) is 23.0. The molecule has 0 bridgehead atoms. The molecule has 1 unspecified atom stereocenters. The van der Waals surface area contributed by atoms with Crippen molar-refractivity contribution in [1.82, 2.24) is 14.9 Å². The molecule has 174 valence electrons. The van der Waals surface area contributed by atoms with Gasteiger partial charge in [-0.15, -0.1) is 0 Å². The topological polar surface area (TPSA) is 62.8 Å². The highest BCUT2D eigenvalue weighted by Crippen LogP contribution is 2.35. The van der Waals surface area contributed by atoms with Gasteiger partial charge in [-0.3, -0.25) is 4.84 Å². The smallest absolute Gasteiger partial charge is 0.229 e. The maximum atomic E-state index is 5.97. The molecule has 4 rings (SSSR count). The minimum atomic E-state index is 0.139. The third-order valence-corrected chi connectivity index (χ3v) is 5.92. The Morgan fingerprint density at radius 1 is 1.09 bits per heavy atom. The molecule has 0 amide bonds. The van der Waals surface area contributed by atoms with Crippen molar-refractivity contribution in [2.75, 3.05) is 43.2 Å². The van der Waals surface area contributed by atoms with Gasteiger partial charge in [0.25, 0.3) is 0 Å². The molecule has 2 heterocycles. The molecule has 0 radical (unpaired) electrons. The van der Waals surface area contributed by atoms with E-state index in [4.69, 9.17) is 14.6 Å². The summed E-state index contributed by atoms with van der Waals surface area (Å²) in [6.45, 7) is 10.7. The third-order valence-electron chi connectivity index (χ3n) is 5.92. The summed E-state index contributed by atoms with van der Waals surface area (Å²) in [5, 5.41) is 5.22. The van der Waals surface area contributed by atoms with Crippen LogP contribution in [-0.2, 0) is 4.84 Å². The fourth-order valence-electron chi connectivity index (χ4n) is 3.97. The first-order chi connectivity index (χ1) is 16.2. The SMILES string of the molecule is CCN(CC)CCOc1ccc(Nc2ncc(C)c(N3OCCC3c3ccccc3)n2)cc1. The minimum absolute atomic E-state index is 0.139. The lowest BCUT2D eigenvalue weighted by atomic mass is 10.0. The molecular weight excluding hydrogens is 414 g/mol. The monoisotopic (exact) mass is 447 g/mol. The molecular formula is C26H33N5O2. The van der Waals surface area contributed by atoms with Crippen LogP contribution in [0.5, 0.6) is 5.75 Å². The number of hydrogen-bond donors (Lipinski definition) is 1. The highest BCUT2D eigenvalue weighted by atomic mass is 16.7. The summed E-state index contributed by atoms with van der Waals surface area (Å²) in [5.41, 5.74) is 3.10. The first-order valence-corrected chi connectivity index (χ1v) is 11.7. The molecule has 1 saturated heterocycles. The van der Waals surface area contributed by atoms with E-state index in [0.717, 1.165) is 48.9 Å². The van der Waals surface area contributed by atoms with Gasteiger partial charge in [0.15, 0.2) is 5.82 Å². The van der Waals surface area contributed by atoms with Crippen molar-refractivity contribution in [2.45, 2.75) is 33.2 Å². The number of likely N-dealkylation sites (N-methyl/N-ethyl adjacent to an activating group) is 1. The lowest BCUT2D eigenvalue weighted by Gasteiger charge is -2.25. The number of hydroxylamine groups is 1. The first-order valence-electron chi connectivity index (χ1n) is 11.7. The minimum Gasteiger partial charge on any atom is -0.492 e. The van der Waals surface area contributed by atoms with Gasteiger partial charge in [-0.05, 0) is 49.8 Å². The second-order valence-corrected chi connectivity index (χ2v) is 8.10. The van der Waals surface area contributed by atoms with Crippen LogP contribution >= 0.6 is 0 Å². The molecule has 3 aromatic rings. The number of nitrogens with one attached hydrogen (secondary N) is 1. The number of aromatic nitrogens is 2. The number of hydrogen-bond acceptors (Lipinski definition) is 7. The Morgan fingerprint density at radius 3 is 2.58 bits per heavy atom. The molecule has 1 fully saturated rings. The molecule has 0 aliphatic carbocycles. The van der Waals surface area contributed by atoms with Crippen LogP contribution in [0.4, 0.5) is 17.5 Å². The van der Waals surface area contributed by atoms with Crippen LogP contribution in [0.3, 0.4) is 0 Å². The van der Waals surface area contributed by atoms with Gasteiger partial charge in [0.05, 0.1) is 12.6 Å². The predicted octanol–water partition coefficient (Wildman–Crippen LogP) is 5.13. The molecule has 2 aromatic carbocycles. The van der Waals surface area contributed by atoms with E-state index in [1.54, 1.807) is 0 Å². The number of ether oxygens (including phenoxy) is 1. The van der Waals surface area contributed by atoms with Crippen molar-refractivity contribution < 1.29 is 9.57 Å². The van der Waals surface area contributed by atoms with E-state index in [2.05, 4.69) is 53.3 Å². The van der Waals surface area contributed by atoms with Crippen LogP contribution in [0, 0.1) is 6.92 Å². The average molecular weight is 448 g/mol. The molecule has 33 heavy (non-hydrogen) atoms. The highest BCUT2D eigenvalue weighted by Gasteiger charge is 2.30. The molecule has 1 aliphatic heterocycles. The molecule has 7 nitrogen and oxygen atoms in total. The summed E-state index contributed by atoms with van der Waals surface area (Å²) in [6.07, 6.45) is 2.76. The largest absolute Gasteiger partial charge is 0.492 e. The highest BCUT2D eigenvalue weighted by molar-refractivity contribution is 5.57. The van der Waals surface area contributed by atoms with Crippen LogP contribution in [0.1, 0.15) is 37.4 Å². The summed E-state index contributed by atoms with van der Waals surface area (Å²) in [7, 11) is 0. The maximum absolute atomic E-state index is 5.97. The number of aryl methyl sites for hydroxylation is 1. The molecule has 1 aliphatic rings. The predicted molar refractivity (Wildman–Crippen MR) is 132 cm³/mol. The zero-order valence-corrected chi connectivity index (χ0v) is 19.7. The maximum Gasteiger partial charge on any atom is 0.229 e. The fraction of sp³-hybridized carbons (Fsp3) is 0.385. The van der Waals surface area contributed by atoms with Gasteiger partial charge in [-0.2, -0.15) is 4.98 Å². The van der Waals surface area contributed by atoms with E-state index in [0.29, 0.717) is 19.2 Å². The van der Waals surface area contributed by atoms with Gasteiger partial charge in [0.2, 0.25) is 5.95 Å². The fourth-order valence-corrected chi connectivity index (χ4v) is 3.97. The molecule has 0 saturated carbocycles. The van der Waals surface area contributed by atoms with Gasteiger partial charge < -0.3 is 15.0 Å².